The highest BCUT2D eigenvalue weighted by Gasteiger charge is 2.08. The molecule has 1 heterocycles. The van der Waals surface area contributed by atoms with E-state index in [2.05, 4.69) is 11.9 Å². The molecule has 2 amide bonds. The zero-order valence-corrected chi connectivity index (χ0v) is 5.22. The number of amides is 2. The van der Waals surface area contributed by atoms with E-state index in [1.54, 1.807) is 19.3 Å². The van der Waals surface area contributed by atoms with Gasteiger partial charge >= 0.3 is 6.03 Å². The molecule has 0 radical (unpaired) electrons. The van der Waals surface area contributed by atoms with Crippen molar-refractivity contribution in [2.24, 2.45) is 0 Å². The van der Waals surface area contributed by atoms with Crippen LogP contribution in [0.2, 0.25) is 0 Å². The maximum absolute atomic E-state index is 10.7. The van der Waals surface area contributed by atoms with Crippen molar-refractivity contribution in [2.75, 3.05) is 7.05 Å². The molecule has 1 aliphatic rings. The Morgan fingerprint density at radius 1 is 1.78 bits per heavy atom. The van der Waals surface area contributed by atoms with Crippen molar-refractivity contribution in [1.29, 1.82) is 0 Å². The van der Waals surface area contributed by atoms with Gasteiger partial charge in [-0.3, -0.25) is 0 Å². The molecule has 0 saturated heterocycles. The fourth-order valence-corrected chi connectivity index (χ4v) is 0.537. The van der Waals surface area contributed by atoms with Crippen LogP contribution in [0.3, 0.4) is 0 Å². The molecule has 0 fully saturated rings. The van der Waals surface area contributed by atoms with Gasteiger partial charge in [-0.25, -0.2) is 4.79 Å². The van der Waals surface area contributed by atoms with E-state index in [0.29, 0.717) is 5.70 Å². The molecule has 1 aliphatic heterocycles. The summed E-state index contributed by atoms with van der Waals surface area (Å²) < 4.78 is 0. The molecule has 1 rings (SSSR count). The number of nitrogens with zero attached hydrogens (tertiary/aromatic N) is 1. The van der Waals surface area contributed by atoms with E-state index in [4.69, 9.17) is 0 Å². The van der Waals surface area contributed by atoms with E-state index >= 15 is 0 Å². The highest BCUT2D eigenvalue weighted by Crippen LogP contribution is 1.98. The van der Waals surface area contributed by atoms with E-state index in [1.807, 2.05) is 0 Å². The fourth-order valence-electron chi connectivity index (χ4n) is 0.537. The summed E-state index contributed by atoms with van der Waals surface area (Å²) in [5.41, 5.74) is 0.637. The molecule has 0 atom stereocenters. The first-order valence-electron chi connectivity index (χ1n) is 2.61. The molecule has 3 heteroatoms. The number of allylic oxidation sites excluding steroid dienone is 1. The first-order chi connectivity index (χ1) is 4.20. The normalized spacial score (nSPS) is 18.1. The number of rotatable bonds is 0. The highest BCUT2D eigenvalue weighted by atomic mass is 16.2. The van der Waals surface area contributed by atoms with Gasteiger partial charge in [0.1, 0.15) is 0 Å². The minimum Gasteiger partial charge on any atom is -0.308 e. The van der Waals surface area contributed by atoms with Crippen molar-refractivity contribution in [3.8, 4) is 0 Å². The third kappa shape index (κ3) is 1.10. The van der Waals surface area contributed by atoms with Crippen LogP contribution in [0.15, 0.2) is 24.6 Å². The van der Waals surface area contributed by atoms with Crippen LogP contribution in [-0.4, -0.2) is 18.0 Å². The Labute approximate surface area is 53.7 Å². The minimum atomic E-state index is -0.137. The number of urea groups is 1. The molecular formula is C6H8N2O. The van der Waals surface area contributed by atoms with E-state index in [0.717, 1.165) is 0 Å². The van der Waals surface area contributed by atoms with Crippen LogP contribution >= 0.6 is 0 Å². The summed E-state index contributed by atoms with van der Waals surface area (Å²) in [7, 11) is 1.68. The zero-order chi connectivity index (χ0) is 6.85. The van der Waals surface area contributed by atoms with Crippen molar-refractivity contribution >= 4 is 6.03 Å². The molecule has 3 nitrogen and oxygen atoms in total. The van der Waals surface area contributed by atoms with Gasteiger partial charge in [0.15, 0.2) is 0 Å². The highest BCUT2D eigenvalue weighted by molar-refractivity contribution is 5.78. The molecule has 9 heavy (non-hydrogen) atoms. The van der Waals surface area contributed by atoms with Gasteiger partial charge in [0.2, 0.25) is 0 Å². The van der Waals surface area contributed by atoms with Crippen molar-refractivity contribution < 1.29 is 4.79 Å². The molecule has 0 bridgehead atoms. The van der Waals surface area contributed by atoms with Crippen LogP contribution < -0.4 is 5.32 Å². The van der Waals surface area contributed by atoms with Crippen molar-refractivity contribution in [1.82, 2.24) is 10.2 Å². The second-order valence-electron chi connectivity index (χ2n) is 1.88. The standard InChI is InChI=1S/C6H8N2O/c1-5-3-4-8(2)6(9)7-5/h3-4H,1H2,2H3,(H,7,9). The van der Waals surface area contributed by atoms with Crippen LogP contribution in [-0.2, 0) is 0 Å². The van der Waals surface area contributed by atoms with E-state index < -0.39 is 0 Å². The Balaban J connectivity index is 2.76. The van der Waals surface area contributed by atoms with Crippen molar-refractivity contribution in [3.05, 3.63) is 24.6 Å². The van der Waals surface area contributed by atoms with Crippen LogP contribution in [0.1, 0.15) is 0 Å². The molecule has 0 aliphatic carbocycles. The third-order valence-electron chi connectivity index (χ3n) is 1.09. The van der Waals surface area contributed by atoms with E-state index in [9.17, 15) is 4.79 Å². The zero-order valence-electron chi connectivity index (χ0n) is 5.22. The Bertz CT molecular complexity index is 183. The van der Waals surface area contributed by atoms with Gasteiger partial charge in [0.25, 0.3) is 0 Å². The third-order valence-corrected chi connectivity index (χ3v) is 1.09. The Morgan fingerprint density at radius 3 is 2.89 bits per heavy atom. The Hall–Kier alpha value is -1.25. The first kappa shape index (κ1) is 5.88. The van der Waals surface area contributed by atoms with Gasteiger partial charge in [-0.1, -0.05) is 6.58 Å². The average molecular weight is 124 g/mol. The molecule has 0 saturated carbocycles. The summed E-state index contributed by atoms with van der Waals surface area (Å²) in [4.78, 5) is 12.2. The second kappa shape index (κ2) is 1.93. The van der Waals surface area contributed by atoms with Gasteiger partial charge in [-0.05, 0) is 6.08 Å². The number of carbonyl (C=O) groups excluding carboxylic acids is 1. The van der Waals surface area contributed by atoms with Crippen LogP contribution in [0.5, 0.6) is 0 Å². The monoisotopic (exact) mass is 124 g/mol. The van der Waals surface area contributed by atoms with Gasteiger partial charge in [0.05, 0.1) is 0 Å². The molecule has 0 unspecified atom stereocenters. The Kier molecular flexibility index (Phi) is 1.26. The number of hydrogen-bond acceptors (Lipinski definition) is 1. The second-order valence-corrected chi connectivity index (χ2v) is 1.88. The molecule has 0 spiro atoms. The summed E-state index contributed by atoms with van der Waals surface area (Å²) in [6, 6.07) is -0.137. The van der Waals surface area contributed by atoms with E-state index in [1.165, 1.54) is 4.90 Å². The van der Waals surface area contributed by atoms with Crippen LogP contribution in [0.25, 0.3) is 0 Å². The van der Waals surface area contributed by atoms with Gasteiger partial charge in [0, 0.05) is 18.9 Å². The number of nitrogens with one attached hydrogen (secondary N) is 1. The smallest absolute Gasteiger partial charge is 0.308 e. The fraction of sp³-hybridized carbons (Fsp3) is 0.167. The maximum atomic E-state index is 10.7. The average Bonchev–Trinajstić information content (AvgIpc) is 1.80. The summed E-state index contributed by atoms with van der Waals surface area (Å²) >= 11 is 0. The molecule has 48 valence electrons. The molecule has 0 aromatic rings. The lowest BCUT2D eigenvalue weighted by molar-refractivity contribution is 0.223. The largest absolute Gasteiger partial charge is 0.325 e. The van der Waals surface area contributed by atoms with Crippen LogP contribution in [0.4, 0.5) is 4.79 Å². The minimum absolute atomic E-state index is 0.137. The molecular weight excluding hydrogens is 116 g/mol. The van der Waals surface area contributed by atoms with Gasteiger partial charge < -0.3 is 10.2 Å². The predicted octanol–water partition coefficient (Wildman–Crippen LogP) is 0.669. The SMILES string of the molecule is C=C1C=CN(C)C(=O)N1. The number of carbonyl (C=O) groups is 1. The lowest BCUT2D eigenvalue weighted by Gasteiger charge is -2.17. The molecule has 0 aromatic heterocycles. The maximum Gasteiger partial charge on any atom is 0.325 e. The predicted molar refractivity (Wildman–Crippen MR) is 34.6 cm³/mol. The van der Waals surface area contributed by atoms with Crippen molar-refractivity contribution in [2.45, 2.75) is 0 Å². The Morgan fingerprint density at radius 2 is 2.44 bits per heavy atom. The first-order valence-corrected chi connectivity index (χ1v) is 2.61. The lowest BCUT2D eigenvalue weighted by Crippen LogP contribution is -2.35. The topological polar surface area (TPSA) is 32.3 Å². The quantitative estimate of drug-likeness (QED) is 0.505. The molecule has 0 aromatic carbocycles. The summed E-state index contributed by atoms with van der Waals surface area (Å²) in [6.45, 7) is 3.55. The van der Waals surface area contributed by atoms with Crippen molar-refractivity contribution in [3.63, 3.8) is 0 Å². The van der Waals surface area contributed by atoms with Gasteiger partial charge in [-0.2, -0.15) is 0 Å². The summed E-state index contributed by atoms with van der Waals surface area (Å²) in [6.07, 6.45) is 3.41. The summed E-state index contributed by atoms with van der Waals surface area (Å²) in [5, 5.41) is 2.53. The molecule has 1 N–H and O–H groups in total. The summed E-state index contributed by atoms with van der Waals surface area (Å²) in [5.74, 6) is 0. The van der Waals surface area contributed by atoms with Crippen LogP contribution in [0, 0.1) is 0 Å². The van der Waals surface area contributed by atoms with E-state index in [-0.39, 0.29) is 6.03 Å². The number of hydrogen-bond donors (Lipinski definition) is 1. The lowest BCUT2D eigenvalue weighted by atomic mass is 10.4. The van der Waals surface area contributed by atoms with Gasteiger partial charge in [-0.15, -0.1) is 0 Å².